The first kappa shape index (κ1) is 15.6. The molecule has 0 aromatic rings. The number of rotatable bonds is 1. The monoisotopic (exact) mass is 314 g/mol. The van der Waals surface area contributed by atoms with Gasteiger partial charge in [-0.2, -0.15) is 0 Å². The Labute approximate surface area is 140 Å². The predicted octanol–water partition coefficient (Wildman–Crippen LogP) is 4.72. The van der Waals surface area contributed by atoms with Gasteiger partial charge in [0.05, 0.1) is 0 Å². The highest BCUT2D eigenvalue weighted by Gasteiger charge is 2.60. The molecule has 23 heavy (non-hydrogen) atoms. The molecule has 2 nitrogen and oxygen atoms in total. The molecule has 3 fully saturated rings. The number of allylic oxidation sites excluding steroid dienone is 1. The maximum atomic E-state index is 12.5. The molecule has 0 heterocycles. The molecule has 0 spiro atoms. The molecular weight excluding hydrogens is 284 g/mol. The molecule has 2 heteroatoms. The van der Waals surface area contributed by atoms with Crippen molar-refractivity contribution in [3.63, 3.8) is 0 Å². The smallest absolute Gasteiger partial charge is 0.155 e. The van der Waals surface area contributed by atoms with Gasteiger partial charge in [-0.1, -0.05) is 26.3 Å². The molecule has 1 unspecified atom stereocenters. The Kier molecular flexibility index (Phi) is 3.42. The van der Waals surface area contributed by atoms with E-state index < -0.39 is 0 Å². The Morgan fingerprint density at radius 1 is 1.04 bits per heavy atom. The largest absolute Gasteiger partial charge is 0.299 e. The summed E-state index contributed by atoms with van der Waals surface area (Å²) < 4.78 is 0. The molecule has 6 atom stereocenters. The molecule has 0 aromatic heterocycles. The Balaban J connectivity index is 1.75. The molecule has 0 aromatic carbocycles. The summed E-state index contributed by atoms with van der Waals surface area (Å²) in [6, 6.07) is 0. The molecule has 0 bridgehead atoms. The molecule has 126 valence electrons. The highest BCUT2D eigenvalue weighted by atomic mass is 16.1. The second-order valence-corrected chi connectivity index (χ2v) is 9.12. The van der Waals surface area contributed by atoms with Crippen LogP contribution in [0.25, 0.3) is 0 Å². The Morgan fingerprint density at radius 2 is 1.78 bits per heavy atom. The molecule has 0 amide bonds. The maximum absolute atomic E-state index is 12.5. The van der Waals surface area contributed by atoms with Gasteiger partial charge in [-0.25, -0.2) is 0 Å². The summed E-state index contributed by atoms with van der Waals surface area (Å²) in [5, 5.41) is 0. The van der Waals surface area contributed by atoms with Gasteiger partial charge in [0.1, 0.15) is 5.78 Å². The Bertz CT molecular complexity index is 589. The van der Waals surface area contributed by atoms with Crippen LogP contribution in [0.4, 0.5) is 0 Å². The van der Waals surface area contributed by atoms with E-state index in [2.05, 4.69) is 20.8 Å². The van der Waals surface area contributed by atoms with Crippen molar-refractivity contribution >= 4 is 11.6 Å². The van der Waals surface area contributed by atoms with E-state index in [9.17, 15) is 9.59 Å². The van der Waals surface area contributed by atoms with Gasteiger partial charge >= 0.3 is 0 Å². The van der Waals surface area contributed by atoms with Crippen LogP contribution in [0.15, 0.2) is 11.6 Å². The lowest BCUT2D eigenvalue weighted by Gasteiger charge is -2.59. The van der Waals surface area contributed by atoms with Crippen molar-refractivity contribution in [3.8, 4) is 0 Å². The zero-order chi connectivity index (χ0) is 16.4. The number of ketones is 2. The van der Waals surface area contributed by atoms with Crippen molar-refractivity contribution in [1.82, 2.24) is 0 Å². The predicted molar refractivity (Wildman–Crippen MR) is 90.9 cm³/mol. The third-order valence-electron chi connectivity index (χ3n) is 8.32. The van der Waals surface area contributed by atoms with Crippen molar-refractivity contribution in [1.29, 1.82) is 0 Å². The van der Waals surface area contributed by atoms with E-state index >= 15 is 0 Å². The van der Waals surface area contributed by atoms with Crippen LogP contribution in [-0.4, -0.2) is 11.6 Å². The fourth-order valence-electron chi connectivity index (χ4n) is 6.94. The van der Waals surface area contributed by atoms with Gasteiger partial charge in [0.2, 0.25) is 0 Å². The Morgan fingerprint density at radius 3 is 2.52 bits per heavy atom. The van der Waals surface area contributed by atoms with Crippen molar-refractivity contribution in [2.45, 2.75) is 72.1 Å². The topological polar surface area (TPSA) is 34.1 Å². The SMILES string of the molecule is CCC1C[C@@H]2[C@H](CC[C@]3(C)C(=O)CC[C@@H]23)[C@@]2(C)CCC(=O)C=C12. The third-order valence-corrected chi connectivity index (χ3v) is 8.32. The molecule has 4 aliphatic rings. The lowest BCUT2D eigenvalue weighted by Crippen LogP contribution is -2.52. The zero-order valence-electron chi connectivity index (χ0n) is 14.9. The number of carbonyl (C=O) groups excluding carboxylic acids is 2. The fraction of sp³-hybridized carbons (Fsp3) is 0.810. The standard InChI is InChI=1S/C21H30O2/c1-4-13-11-15-16-5-6-19(23)21(16,3)10-8-17(15)20(2)9-7-14(22)12-18(13)20/h12-13,15-17H,4-11H2,1-3H3/t13?,15-,16-,17-,20+,21-/m0/s1. The van der Waals surface area contributed by atoms with Crippen LogP contribution in [0.2, 0.25) is 0 Å². The van der Waals surface area contributed by atoms with Crippen molar-refractivity contribution in [2.24, 2.45) is 34.5 Å². The summed E-state index contributed by atoms with van der Waals surface area (Å²) in [6.45, 7) is 6.96. The lowest BCUT2D eigenvalue weighted by molar-refractivity contribution is -0.133. The Hall–Kier alpha value is -0.920. The highest BCUT2D eigenvalue weighted by molar-refractivity contribution is 5.92. The lowest BCUT2D eigenvalue weighted by atomic mass is 9.45. The average molecular weight is 314 g/mol. The third kappa shape index (κ3) is 1.99. The van der Waals surface area contributed by atoms with E-state index in [4.69, 9.17) is 0 Å². The minimum Gasteiger partial charge on any atom is -0.299 e. The summed E-state index contributed by atoms with van der Waals surface area (Å²) in [6.07, 6.45) is 10.3. The normalized spacial score (nSPS) is 49.3. The molecule has 0 aliphatic heterocycles. The van der Waals surface area contributed by atoms with Crippen LogP contribution in [0, 0.1) is 34.5 Å². The summed E-state index contributed by atoms with van der Waals surface area (Å²) in [5.41, 5.74) is 1.64. The first-order chi connectivity index (χ1) is 10.9. The summed E-state index contributed by atoms with van der Waals surface area (Å²) >= 11 is 0. The maximum Gasteiger partial charge on any atom is 0.155 e. The van der Waals surface area contributed by atoms with Gasteiger partial charge in [0.25, 0.3) is 0 Å². The number of Topliss-reactive ketones (excluding diaryl/α,β-unsaturated/α-hetero) is 1. The number of hydrogen-bond donors (Lipinski definition) is 0. The van der Waals surface area contributed by atoms with Gasteiger partial charge in [0.15, 0.2) is 5.78 Å². The second kappa shape index (κ2) is 5.04. The van der Waals surface area contributed by atoms with Crippen LogP contribution < -0.4 is 0 Å². The average Bonchev–Trinajstić information content (AvgIpc) is 2.83. The van der Waals surface area contributed by atoms with E-state index in [1.54, 1.807) is 0 Å². The minimum absolute atomic E-state index is 0.0402. The number of fused-ring (bicyclic) bond motifs is 5. The van der Waals surface area contributed by atoms with Gasteiger partial charge < -0.3 is 0 Å². The minimum atomic E-state index is -0.0402. The van der Waals surface area contributed by atoms with E-state index in [1.807, 2.05) is 6.08 Å². The summed E-state index contributed by atoms with van der Waals surface area (Å²) in [7, 11) is 0. The van der Waals surface area contributed by atoms with Gasteiger partial charge in [-0.05, 0) is 73.7 Å². The van der Waals surface area contributed by atoms with Crippen molar-refractivity contribution in [3.05, 3.63) is 11.6 Å². The second-order valence-electron chi connectivity index (χ2n) is 9.12. The molecule has 4 aliphatic carbocycles. The molecule has 4 rings (SSSR count). The van der Waals surface area contributed by atoms with Gasteiger partial charge in [-0.3, -0.25) is 9.59 Å². The van der Waals surface area contributed by atoms with Gasteiger partial charge in [0, 0.05) is 18.3 Å². The fourth-order valence-corrected chi connectivity index (χ4v) is 6.94. The summed E-state index contributed by atoms with van der Waals surface area (Å²) in [5.74, 6) is 3.40. The molecule has 0 N–H and O–H groups in total. The first-order valence-electron chi connectivity index (χ1n) is 9.68. The van der Waals surface area contributed by atoms with E-state index in [-0.39, 0.29) is 10.8 Å². The first-order valence-corrected chi connectivity index (χ1v) is 9.68. The zero-order valence-corrected chi connectivity index (χ0v) is 14.9. The van der Waals surface area contributed by atoms with Crippen LogP contribution in [-0.2, 0) is 9.59 Å². The van der Waals surface area contributed by atoms with Crippen molar-refractivity contribution < 1.29 is 9.59 Å². The van der Waals surface area contributed by atoms with Crippen LogP contribution >= 0.6 is 0 Å². The van der Waals surface area contributed by atoms with E-state index in [1.165, 1.54) is 18.4 Å². The highest BCUT2D eigenvalue weighted by Crippen LogP contribution is 2.65. The number of hydrogen-bond acceptors (Lipinski definition) is 2. The quantitative estimate of drug-likeness (QED) is 0.701. The summed E-state index contributed by atoms with van der Waals surface area (Å²) in [4.78, 5) is 24.5. The molecule has 0 radical (unpaired) electrons. The van der Waals surface area contributed by atoms with Crippen LogP contribution in [0.5, 0.6) is 0 Å². The molecular formula is C21H30O2. The molecule has 0 saturated heterocycles. The van der Waals surface area contributed by atoms with E-state index in [0.717, 1.165) is 38.5 Å². The van der Waals surface area contributed by atoms with Gasteiger partial charge in [-0.15, -0.1) is 0 Å². The van der Waals surface area contributed by atoms with Crippen LogP contribution in [0.1, 0.15) is 72.1 Å². The number of carbonyl (C=O) groups is 2. The molecule has 3 saturated carbocycles. The van der Waals surface area contributed by atoms with Crippen molar-refractivity contribution in [2.75, 3.05) is 0 Å². The van der Waals surface area contributed by atoms with E-state index in [0.29, 0.717) is 35.2 Å². The van der Waals surface area contributed by atoms with Crippen LogP contribution in [0.3, 0.4) is 0 Å².